The maximum atomic E-state index is 12.8. The molecule has 0 fully saturated rings. The van der Waals surface area contributed by atoms with E-state index in [1.54, 1.807) is 0 Å². The van der Waals surface area contributed by atoms with Gasteiger partial charge in [0.1, 0.15) is 17.6 Å². The van der Waals surface area contributed by atoms with Crippen molar-refractivity contribution in [1.82, 2.24) is 4.98 Å². The molecule has 0 spiro atoms. The Labute approximate surface area is 132 Å². The summed E-state index contributed by atoms with van der Waals surface area (Å²) in [7, 11) is 0. The summed E-state index contributed by atoms with van der Waals surface area (Å²) >= 11 is 0. The van der Waals surface area contributed by atoms with Gasteiger partial charge >= 0.3 is 6.18 Å². The summed E-state index contributed by atoms with van der Waals surface area (Å²) < 4.78 is 38.4. The van der Waals surface area contributed by atoms with E-state index in [0.717, 1.165) is 28.8 Å². The van der Waals surface area contributed by atoms with Crippen molar-refractivity contribution < 1.29 is 13.2 Å². The van der Waals surface area contributed by atoms with Crippen LogP contribution in [0.25, 0.3) is 0 Å². The third-order valence-electron chi connectivity index (χ3n) is 3.77. The molecule has 2 rings (SSSR count). The molecule has 2 aromatic rings. The predicted octanol–water partition coefficient (Wildman–Crippen LogP) is 4.76. The standard InChI is InChI=1S/C17H16F3N3/c1-10-5-4-6-14(11(10)2)12(3)22-16-13(9-21)7-8-15(23-16)17(18,19)20/h4-8,12H,1-3H3,(H,22,23). The third kappa shape index (κ3) is 3.62. The Kier molecular flexibility index (Phi) is 4.60. The summed E-state index contributed by atoms with van der Waals surface area (Å²) in [6.45, 7) is 5.74. The van der Waals surface area contributed by atoms with E-state index in [9.17, 15) is 13.2 Å². The van der Waals surface area contributed by atoms with Gasteiger partial charge in [-0.05, 0) is 49.6 Å². The molecule has 1 aromatic heterocycles. The molecular weight excluding hydrogens is 303 g/mol. The number of hydrogen-bond acceptors (Lipinski definition) is 3. The molecule has 3 nitrogen and oxygen atoms in total. The Bertz CT molecular complexity index is 761. The van der Waals surface area contributed by atoms with Gasteiger partial charge in [-0.1, -0.05) is 18.2 Å². The molecule has 6 heteroatoms. The van der Waals surface area contributed by atoms with E-state index in [4.69, 9.17) is 5.26 Å². The van der Waals surface area contributed by atoms with Crippen molar-refractivity contribution in [1.29, 1.82) is 5.26 Å². The Balaban J connectivity index is 2.39. The molecule has 1 heterocycles. The summed E-state index contributed by atoms with van der Waals surface area (Å²) in [5, 5.41) is 12.0. The first kappa shape index (κ1) is 16.8. The van der Waals surface area contributed by atoms with Crippen molar-refractivity contribution in [3.05, 3.63) is 58.3 Å². The Hall–Kier alpha value is -2.55. The molecule has 120 valence electrons. The van der Waals surface area contributed by atoms with Crippen molar-refractivity contribution >= 4 is 5.82 Å². The predicted molar refractivity (Wildman–Crippen MR) is 81.9 cm³/mol. The van der Waals surface area contributed by atoms with Gasteiger partial charge in [-0.3, -0.25) is 0 Å². The number of nitrogens with zero attached hydrogens (tertiary/aromatic N) is 2. The van der Waals surface area contributed by atoms with Crippen LogP contribution in [0.4, 0.5) is 19.0 Å². The zero-order valence-electron chi connectivity index (χ0n) is 13.0. The highest BCUT2D eigenvalue weighted by Crippen LogP contribution is 2.31. The molecule has 1 unspecified atom stereocenters. The summed E-state index contributed by atoms with van der Waals surface area (Å²) in [5.74, 6) is -0.0595. The van der Waals surface area contributed by atoms with Gasteiger partial charge in [0.25, 0.3) is 0 Å². The maximum absolute atomic E-state index is 12.8. The average molecular weight is 319 g/mol. The first-order chi connectivity index (χ1) is 10.7. The molecule has 23 heavy (non-hydrogen) atoms. The fraction of sp³-hybridized carbons (Fsp3) is 0.294. The first-order valence-corrected chi connectivity index (χ1v) is 7.05. The van der Waals surface area contributed by atoms with Crippen LogP contribution in [0.15, 0.2) is 30.3 Å². The second-order valence-corrected chi connectivity index (χ2v) is 5.36. The zero-order chi connectivity index (χ0) is 17.2. The van der Waals surface area contributed by atoms with Crippen LogP contribution in [0.3, 0.4) is 0 Å². The van der Waals surface area contributed by atoms with Crippen LogP contribution in [0.5, 0.6) is 0 Å². The van der Waals surface area contributed by atoms with E-state index in [2.05, 4.69) is 10.3 Å². The van der Waals surface area contributed by atoms with Crippen molar-refractivity contribution in [2.75, 3.05) is 5.32 Å². The Morgan fingerprint density at radius 3 is 2.48 bits per heavy atom. The monoisotopic (exact) mass is 319 g/mol. The van der Waals surface area contributed by atoms with E-state index in [1.807, 2.05) is 45.0 Å². The summed E-state index contributed by atoms with van der Waals surface area (Å²) in [6, 6.07) is 9.29. The fourth-order valence-electron chi connectivity index (χ4n) is 2.34. The number of benzene rings is 1. The van der Waals surface area contributed by atoms with Gasteiger partial charge in [-0.15, -0.1) is 0 Å². The quantitative estimate of drug-likeness (QED) is 0.887. The lowest BCUT2D eigenvalue weighted by molar-refractivity contribution is -0.141. The van der Waals surface area contributed by atoms with Crippen LogP contribution >= 0.6 is 0 Å². The summed E-state index contributed by atoms with van der Waals surface area (Å²) in [4.78, 5) is 3.57. The van der Waals surface area contributed by atoms with Gasteiger partial charge in [-0.2, -0.15) is 18.4 Å². The normalized spacial score (nSPS) is 12.6. The fourth-order valence-corrected chi connectivity index (χ4v) is 2.34. The Morgan fingerprint density at radius 1 is 1.17 bits per heavy atom. The zero-order valence-corrected chi connectivity index (χ0v) is 13.0. The Morgan fingerprint density at radius 2 is 1.87 bits per heavy atom. The molecule has 1 atom stereocenters. The van der Waals surface area contributed by atoms with Crippen molar-refractivity contribution in [3.8, 4) is 6.07 Å². The van der Waals surface area contributed by atoms with Gasteiger partial charge in [0, 0.05) is 0 Å². The van der Waals surface area contributed by atoms with E-state index in [1.165, 1.54) is 0 Å². The minimum atomic E-state index is -4.55. The lowest BCUT2D eigenvalue weighted by Crippen LogP contribution is -2.14. The highest BCUT2D eigenvalue weighted by molar-refractivity contribution is 5.54. The number of anilines is 1. The second-order valence-electron chi connectivity index (χ2n) is 5.36. The van der Waals surface area contributed by atoms with Crippen LogP contribution in [0.2, 0.25) is 0 Å². The number of halogens is 3. The molecule has 0 aliphatic heterocycles. The second kappa shape index (κ2) is 6.29. The lowest BCUT2D eigenvalue weighted by atomic mass is 9.98. The molecule has 0 saturated carbocycles. The molecule has 0 aliphatic carbocycles. The smallest absolute Gasteiger partial charge is 0.362 e. The summed E-state index contributed by atoms with van der Waals surface area (Å²) in [6.07, 6.45) is -4.55. The van der Waals surface area contributed by atoms with Crippen LogP contribution in [-0.4, -0.2) is 4.98 Å². The van der Waals surface area contributed by atoms with Crippen LogP contribution in [0.1, 0.15) is 40.9 Å². The van der Waals surface area contributed by atoms with Crippen LogP contribution < -0.4 is 5.32 Å². The molecule has 0 bridgehead atoms. The first-order valence-electron chi connectivity index (χ1n) is 7.05. The lowest BCUT2D eigenvalue weighted by Gasteiger charge is -2.19. The molecular formula is C17H16F3N3. The van der Waals surface area contributed by atoms with E-state index < -0.39 is 11.9 Å². The molecule has 0 saturated heterocycles. The average Bonchev–Trinajstić information content (AvgIpc) is 2.49. The van der Waals surface area contributed by atoms with Crippen LogP contribution in [0, 0.1) is 25.2 Å². The number of aromatic nitrogens is 1. The van der Waals surface area contributed by atoms with Crippen molar-refractivity contribution in [3.63, 3.8) is 0 Å². The number of aryl methyl sites for hydroxylation is 1. The molecule has 0 aliphatic rings. The van der Waals surface area contributed by atoms with Gasteiger partial charge < -0.3 is 5.32 Å². The van der Waals surface area contributed by atoms with E-state index in [0.29, 0.717) is 0 Å². The van der Waals surface area contributed by atoms with Crippen molar-refractivity contribution in [2.24, 2.45) is 0 Å². The van der Waals surface area contributed by atoms with Crippen LogP contribution in [-0.2, 0) is 6.18 Å². The number of pyridine rings is 1. The minimum Gasteiger partial charge on any atom is -0.362 e. The molecule has 1 N–H and O–H groups in total. The summed E-state index contributed by atoms with van der Waals surface area (Å²) in [5.41, 5.74) is 2.15. The molecule has 0 amide bonds. The number of nitriles is 1. The number of alkyl halides is 3. The van der Waals surface area contributed by atoms with Gasteiger partial charge in [0.05, 0.1) is 11.6 Å². The molecule has 0 radical (unpaired) electrons. The topological polar surface area (TPSA) is 48.7 Å². The van der Waals surface area contributed by atoms with E-state index >= 15 is 0 Å². The highest BCUT2D eigenvalue weighted by atomic mass is 19.4. The minimum absolute atomic E-state index is 0.0595. The SMILES string of the molecule is Cc1cccc(C(C)Nc2nc(C(F)(F)F)ccc2C#N)c1C. The maximum Gasteiger partial charge on any atom is 0.433 e. The van der Waals surface area contributed by atoms with Gasteiger partial charge in [0.2, 0.25) is 0 Å². The van der Waals surface area contributed by atoms with Gasteiger partial charge in [-0.25, -0.2) is 4.98 Å². The number of hydrogen-bond donors (Lipinski definition) is 1. The van der Waals surface area contributed by atoms with Crippen molar-refractivity contribution in [2.45, 2.75) is 33.0 Å². The molecule has 1 aromatic carbocycles. The highest BCUT2D eigenvalue weighted by Gasteiger charge is 2.33. The van der Waals surface area contributed by atoms with E-state index in [-0.39, 0.29) is 17.4 Å². The number of nitrogens with one attached hydrogen (secondary N) is 1. The third-order valence-corrected chi connectivity index (χ3v) is 3.77. The van der Waals surface area contributed by atoms with Gasteiger partial charge in [0.15, 0.2) is 0 Å². The largest absolute Gasteiger partial charge is 0.433 e. The number of rotatable bonds is 3.